The van der Waals surface area contributed by atoms with Gasteiger partial charge in [0.25, 0.3) is 0 Å². The number of unbranched alkanes of at least 4 members (excludes halogenated alkanes) is 3. The van der Waals surface area contributed by atoms with E-state index in [0.29, 0.717) is 94.8 Å². The molecule has 147 heavy (non-hydrogen) atoms. The Morgan fingerprint density at radius 3 is 1.05 bits per heavy atom. The summed E-state index contributed by atoms with van der Waals surface area (Å²) in [5.41, 5.74) is 5.05. The summed E-state index contributed by atoms with van der Waals surface area (Å²) in [6.45, 7) is 14.6. The predicted molar refractivity (Wildman–Crippen MR) is 584 cm³/mol. The Hall–Kier alpha value is -17.0. The Balaban J connectivity index is 0.000000124. The summed E-state index contributed by atoms with van der Waals surface area (Å²) in [5.74, 6) is 3.72. The van der Waals surface area contributed by atoms with E-state index in [1.54, 1.807) is 24.3 Å². The number of hydrogen-bond acceptors (Lipinski definition) is 24. The Bertz CT molecular complexity index is 8250. The molecular formula is C123H116N12O12. The van der Waals surface area contributed by atoms with Crippen LogP contribution in [0.15, 0.2) is 291 Å². The number of ether oxygens (including phenoxy) is 4. The third-order valence-corrected chi connectivity index (χ3v) is 27.6. The van der Waals surface area contributed by atoms with Crippen LogP contribution in [0.2, 0.25) is 0 Å². The molecule has 8 N–H and O–H groups in total. The fourth-order valence-corrected chi connectivity index (χ4v) is 19.4. The number of aromatic hydroxyl groups is 8. The molecule has 3 atom stereocenters. The van der Waals surface area contributed by atoms with Crippen LogP contribution in [0.25, 0.3) is 188 Å². The summed E-state index contributed by atoms with van der Waals surface area (Å²) >= 11 is 0. The van der Waals surface area contributed by atoms with Crippen molar-refractivity contribution in [1.82, 2.24) is 59.8 Å². The van der Waals surface area contributed by atoms with Crippen molar-refractivity contribution in [1.29, 1.82) is 0 Å². The van der Waals surface area contributed by atoms with Gasteiger partial charge in [-0.1, -0.05) is 281 Å². The number of phenols is 8. The smallest absolute Gasteiger partial charge is 0.320 e. The maximum Gasteiger partial charge on any atom is 0.320 e. The number of aromatic nitrogens is 12. The van der Waals surface area contributed by atoms with Gasteiger partial charge in [-0.25, -0.2) is 19.9 Å². The van der Waals surface area contributed by atoms with Crippen molar-refractivity contribution in [2.45, 2.75) is 150 Å². The molecule has 21 aromatic rings. The molecule has 24 nitrogen and oxygen atoms in total. The van der Waals surface area contributed by atoms with Crippen molar-refractivity contribution in [2.75, 3.05) is 19.8 Å². The van der Waals surface area contributed by atoms with E-state index < -0.39 is 0 Å². The van der Waals surface area contributed by atoms with Crippen LogP contribution in [0, 0.1) is 17.8 Å². The standard InChI is InChI=1S/C33H31N3O3.2C31H31N3O3.C28H23N3O3/c1-3-5-7-20(4-2)19-39-33-35-31(34-32(36-33)27-17-14-24(37)18-28(27)38)26-16-13-23-11-10-21-8-6-9-22-12-15-25(26)30(23)29(21)22;1-3-5-10-20(4-2)19-37-31-33-29(26-16-15-23(35)18-27(26)36)32-30(34-31)28-24-13-8-6-11-21(24)17-22-12-7-9-14-25(22)28;1-3-5-10-20(4-2)19-37-31-33-29(26-16-15-22(35)18-28(26)36)32-30(34-31)27-17-21-11-6-7-12-23(21)24-13-8-9-14-25(24)27;32-22-11-12-24(25(33)16-22)27-29-26(30-28(31-27)34-23-7-3-4-8-23)20-10-9-19-13-17-5-1-2-6-18(17)14-21(19)15-20/h6,8-18,20,37-38H,3-5,7,19H2,1-2H3;2*6-9,11-18,20,35-36H,3-5,10,19H2,1-2H3;1-2,5-6,9-16,23,32-33H,3-4,7-8H2. The number of fused-ring (bicyclic) bond motifs is 7. The molecule has 1 aliphatic carbocycles. The second kappa shape index (κ2) is 45.3. The summed E-state index contributed by atoms with van der Waals surface area (Å²) in [5, 5.41) is 101. The van der Waals surface area contributed by atoms with Gasteiger partial charge < -0.3 is 59.8 Å². The molecule has 22 rings (SSSR count). The van der Waals surface area contributed by atoms with Gasteiger partial charge >= 0.3 is 24.0 Å². The Morgan fingerprint density at radius 1 is 0.252 bits per heavy atom. The van der Waals surface area contributed by atoms with Crippen LogP contribution in [0.3, 0.4) is 0 Å². The molecule has 0 bridgehead atoms. The van der Waals surface area contributed by atoms with Gasteiger partial charge in [0.05, 0.1) is 42.1 Å². The van der Waals surface area contributed by atoms with Crippen LogP contribution < -0.4 is 18.9 Å². The van der Waals surface area contributed by atoms with E-state index in [9.17, 15) is 40.9 Å². The molecule has 0 radical (unpaired) electrons. The fraction of sp³-hybridized carbons (Fsp3) is 0.236. The highest BCUT2D eigenvalue weighted by molar-refractivity contribution is 6.25. The van der Waals surface area contributed by atoms with Crippen LogP contribution in [0.1, 0.15) is 144 Å². The molecule has 1 fully saturated rings. The summed E-state index contributed by atoms with van der Waals surface area (Å²) < 4.78 is 24.6. The van der Waals surface area contributed by atoms with Gasteiger partial charge in [-0.2, -0.15) is 39.9 Å². The number of nitrogens with zero attached hydrogens (tertiary/aromatic N) is 12. The van der Waals surface area contributed by atoms with Crippen molar-refractivity contribution >= 4 is 97.0 Å². The zero-order chi connectivity index (χ0) is 102. The van der Waals surface area contributed by atoms with Crippen LogP contribution in [0.5, 0.6) is 70.0 Å². The molecule has 0 spiro atoms. The van der Waals surface area contributed by atoms with Gasteiger partial charge in [0.1, 0.15) is 52.1 Å². The first kappa shape index (κ1) is 98.7. The van der Waals surface area contributed by atoms with E-state index in [2.05, 4.69) is 217 Å². The number of phenolic OH excluding ortho intramolecular Hbond substituents is 8. The third-order valence-electron chi connectivity index (χ3n) is 27.6. The second-order valence-electron chi connectivity index (χ2n) is 37.7. The van der Waals surface area contributed by atoms with E-state index in [1.165, 1.54) is 80.8 Å². The van der Waals surface area contributed by atoms with Crippen LogP contribution in [-0.4, -0.2) is 127 Å². The molecule has 0 saturated heterocycles. The molecule has 17 aromatic carbocycles. The molecule has 1 saturated carbocycles. The van der Waals surface area contributed by atoms with E-state index in [0.717, 1.165) is 190 Å². The molecule has 4 aromatic heterocycles. The maximum atomic E-state index is 10.6. The van der Waals surface area contributed by atoms with Gasteiger partial charge in [-0.05, 0) is 245 Å². The molecule has 1 aliphatic rings. The van der Waals surface area contributed by atoms with Crippen molar-refractivity contribution < 1.29 is 59.8 Å². The SMILES string of the molecule is CCCCC(CC)COc1nc(-c2ccc(O)cc2O)nc(-c2c3ccccc3cc3ccccc23)n1.CCCCC(CC)COc1nc(-c2ccc(O)cc2O)nc(-c2cc3ccccc3c3ccccc23)n1.CCCCC(CC)COc1nc(-c2ccc(O)cc2O)nc(-c2ccc3ccc4cccc5ccc2c3c45)n1.Oc1ccc(-c2nc(OC3CCCC3)nc(-c3ccc4cc5ccccc5cc4c3)n2)c(O)c1. The minimum atomic E-state index is -0.111. The van der Waals surface area contributed by atoms with E-state index in [-0.39, 0.29) is 87.8 Å². The predicted octanol–water partition coefficient (Wildman–Crippen LogP) is 29.4. The lowest BCUT2D eigenvalue weighted by atomic mass is 9.92. The number of rotatable bonds is 31. The van der Waals surface area contributed by atoms with E-state index >= 15 is 0 Å². The number of hydrogen-bond donors (Lipinski definition) is 8. The fourth-order valence-electron chi connectivity index (χ4n) is 19.4. The minimum Gasteiger partial charge on any atom is -0.508 e. The lowest BCUT2D eigenvalue weighted by molar-refractivity contribution is 0.192. The second-order valence-corrected chi connectivity index (χ2v) is 37.7. The summed E-state index contributed by atoms with van der Waals surface area (Å²) in [6.07, 6.45) is 17.5. The Kier molecular flexibility index (Phi) is 30.4. The summed E-state index contributed by atoms with van der Waals surface area (Å²) in [4.78, 5) is 56.2. The zero-order valence-electron chi connectivity index (χ0n) is 83.0. The van der Waals surface area contributed by atoms with Gasteiger partial charge in [0, 0.05) is 46.5 Å². The molecule has 4 heterocycles. The third kappa shape index (κ3) is 22.5. The average molecular weight is 1950 g/mol. The highest BCUT2D eigenvalue weighted by Crippen LogP contribution is 2.45. The quantitative estimate of drug-likeness (QED) is 0.0148. The molecule has 740 valence electrons. The van der Waals surface area contributed by atoms with Gasteiger partial charge in [-0.3, -0.25) is 0 Å². The van der Waals surface area contributed by atoms with E-state index in [1.807, 2.05) is 72.8 Å². The Labute approximate surface area is 851 Å². The molecule has 0 amide bonds. The first-order valence-electron chi connectivity index (χ1n) is 50.9. The van der Waals surface area contributed by atoms with Crippen LogP contribution in [0.4, 0.5) is 0 Å². The monoisotopic (exact) mass is 1950 g/mol. The minimum absolute atomic E-state index is 0.0280. The topological polar surface area (TPSA) is 353 Å². The molecular weight excluding hydrogens is 1840 g/mol. The maximum absolute atomic E-state index is 10.6. The first-order valence-corrected chi connectivity index (χ1v) is 50.9. The number of benzene rings is 17. The van der Waals surface area contributed by atoms with Crippen molar-refractivity contribution in [3.05, 3.63) is 291 Å². The van der Waals surface area contributed by atoms with Gasteiger partial charge in [0.2, 0.25) is 0 Å². The first-order chi connectivity index (χ1) is 71.8. The highest BCUT2D eigenvalue weighted by Gasteiger charge is 2.27. The molecule has 0 aliphatic heterocycles. The zero-order valence-corrected chi connectivity index (χ0v) is 83.0. The molecule has 3 unspecified atom stereocenters. The Morgan fingerprint density at radius 2 is 0.585 bits per heavy atom. The average Bonchev–Trinajstić information content (AvgIpc) is 1.03. The van der Waals surface area contributed by atoms with Crippen LogP contribution >= 0.6 is 0 Å². The van der Waals surface area contributed by atoms with Gasteiger partial charge in [0.15, 0.2) is 46.6 Å². The highest BCUT2D eigenvalue weighted by atomic mass is 16.5. The van der Waals surface area contributed by atoms with Crippen LogP contribution in [-0.2, 0) is 0 Å². The van der Waals surface area contributed by atoms with E-state index in [4.69, 9.17) is 48.9 Å². The van der Waals surface area contributed by atoms with Gasteiger partial charge in [-0.15, -0.1) is 0 Å². The van der Waals surface area contributed by atoms with Crippen molar-refractivity contribution in [3.8, 4) is 161 Å². The lowest BCUT2D eigenvalue weighted by Crippen LogP contribution is -2.14. The summed E-state index contributed by atoms with van der Waals surface area (Å²) in [7, 11) is 0. The normalized spacial score (nSPS) is 12.7. The van der Waals surface area contributed by atoms with Crippen molar-refractivity contribution in [2.24, 2.45) is 17.8 Å². The largest absolute Gasteiger partial charge is 0.508 e. The lowest BCUT2D eigenvalue weighted by Gasteiger charge is -2.16. The summed E-state index contributed by atoms with van der Waals surface area (Å²) in [6, 6.07) is 93.3. The van der Waals surface area contributed by atoms with Crippen molar-refractivity contribution in [3.63, 3.8) is 0 Å². The molecule has 24 heteroatoms.